The fourth-order valence-electron chi connectivity index (χ4n) is 0.859. The molecule has 15 heavy (non-hydrogen) atoms. The number of rotatable bonds is 5. The van der Waals surface area contributed by atoms with Gasteiger partial charge in [0, 0.05) is 6.42 Å². The number of nitrogens with zero attached hydrogens (tertiary/aromatic N) is 1. The minimum atomic E-state index is -4.17. The molecule has 7 heteroatoms. The summed E-state index contributed by atoms with van der Waals surface area (Å²) in [5.41, 5.74) is 0.279. The third-order valence-corrected chi connectivity index (χ3v) is 1.52. The molecule has 0 fully saturated rings. The van der Waals surface area contributed by atoms with Crippen LogP contribution in [0.5, 0.6) is 6.08 Å². The smallest absolute Gasteiger partial charge is 0.393 e. The van der Waals surface area contributed by atoms with Crippen LogP contribution in [0.4, 0.5) is 13.2 Å². The number of aliphatic hydroxyl groups excluding tert-OH is 1. The minimum Gasteiger partial charge on any atom is -0.450 e. The number of alkyl halides is 3. The van der Waals surface area contributed by atoms with E-state index in [0.717, 1.165) is 0 Å². The average Bonchev–Trinajstić information content (AvgIpc) is 2.59. The minimum absolute atomic E-state index is 0.120. The van der Waals surface area contributed by atoms with Crippen LogP contribution in [0.15, 0.2) is 10.7 Å². The highest BCUT2D eigenvalue weighted by Crippen LogP contribution is 2.21. The first-order valence-electron chi connectivity index (χ1n) is 4.26. The standard InChI is InChI=1S/C8H10F3NO3/c9-8(10,11)2-1-3-14-7-12-6(4-13)5-15-7/h5,13H,1-4H2. The largest absolute Gasteiger partial charge is 0.450 e. The van der Waals surface area contributed by atoms with Gasteiger partial charge in [-0.1, -0.05) is 0 Å². The van der Waals surface area contributed by atoms with Gasteiger partial charge in [0.2, 0.25) is 0 Å². The van der Waals surface area contributed by atoms with E-state index in [2.05, 4.69) is 4.98 Å². The maximum atomic E-state index is 11.7. The molecule has 1 heterocycles. The zero-order valence-corrected chi connectivity index (χ0v) is 7.75. The molecule has 86 valence electrons. The van der Waals surface area contributed by atoms with E-state index in [0.29, 0.717) is 0 Å². The molecule has 0 unspecified atom stereocenters. The predicted molar refractivity (Wildman–Crippen MR) is 43.2 cm³/mol. The zero-order valence-electron chi connectivity index (χ0n) is 7.75. The molecular weight excluding hydrogens is 215 g/mol. The Morgan fingerprint density at radius 1 is 1.47 bits per heavy atom. The molecule has 0 aliphatic carbocycles. The van der Waals surface area contributed by atoms with Gasteiger partial charge in [-0.3, -0.25) is 0 Å². The first-order chi connectivity index (χ1) is 7.01. The fourth-order valence-corrected chi connectivity index (χ4v) is 0.859. The Kier molecular flexibility index (Phi) is 3.96. The Balaban J connectivity index is 2.20. The molecule has 0 amide bonds. The van der Waals surface area contributed by atoms with E-state index in [-0.39, 0.29) is 31.4 Å². The van der Waals surface area contributed by atoms with Crippen molar-refractivity contribution < 1.29 is 27.4 Å². The van der Waals surface area contributed by atoms with E-state index in [1.807, 2.05) is 0 Å². The second kappa shape index (κ2) is 5.01. The van der Waals surface area contributed by atoms with Crippen molar-refractivity contribution in [1.82, 2.24) is 4.98 Å². The van der Waals surface area contributed by atoms with Crippen molar-refractivity contribution in [2.45, 2.75) is 25.6 Å². The second-order valence-electron chi connectivity index (χ2n) is 2.83. The Morgan fingerprint density at radius 3 is 2.73 bits per heavy atom. The third kappa shape index (κ3) is 4.68. The van der Waals surface area contributed by atoms with E-state index in [1.54, 1.807) is 0 Å². The number of hydrogen-bond acceptors (Lipinski definition) is 4. The van der Waals surface area contributed by atoms with Crippen molar-refractivity contribution in [3.8, 4) is 6.08 Å². The Labute approximate surface area is 83.7 Å². The molecular formula is C8H10F3NO3. The van der Waals surface area contributed by atoms with Gasteiger partial charge in [0.05, 0.1) is 13.2 Å². The normalized spacial score (nSPS) is 11.7. The van der Waals surface area contributed by atoms with Gasteiger partial charge in [-0.15, -0.1) is 0 Å². The lowest BCUT2D eigenvalue weighted by Gasteiger charge is -2.05. The molecule has 0 aliphatic rings. The van der Waals surface area contributed by atoms with Gasteiger partial charge in [-0.25, -0.2) is 0 Å². The maximum absolute atomic E-state index is 11.7. The summed E-state index contributed by atoms with van der Waals surface area (Å²) in [5, 5.41) is 8.60. The van der Waals surface area contributed by atoms with Crippen molar-refractivity contribution in [3.63, 3.8) is 0 Å². The number of hydrogen-bond donors (Lipinski definition) is 1. The number of halogens is 3. The van der Waals surface area contributed by atoms with Gasteiger partial charge in [0.25, 0.3) is 0 Å². The summed E-state index contributed by atoms with van der Waals surface area (Å²) in [5.74, 6) is 0. The summed E-state index contributed by atoms with van der Waals surface area (Å²) in [6.45, 7) is -0.416. The van der Waals surface area contributed by atoms with Crippen LogP contribution in [0.2, 0.25) is 0 Å². The highest BCUT2D eigenvalue weighted by molar-refractivity contribution is 4.97. The summed E-state index contributed by atoms with van der Waals surface area (Å²) < 4.78 is 44.6. The first kappa shape index (κ1) is 11.8. The molecule has 0 saturated heterocycles. The summed E-state index contributed by atoms with van der Waals surface area (Å²) >= 11 is 0. The monoisotopic (exact) mass is 225 g/mol. The molecule has 1 rings (SSSR count). The molecule has 0 radical (unpaired) electrons. The third-order valence-electron chi connectivity index (χ3n) is 1.52. The Hall–Kier alpha value is -1.24. The summed E-state index contributed by atoms with van der Waals surface area (Å²) in [6.07, 6.45) is -4.17. The molecule has 1 aromatic rings. The van der Waals surface area contributed by atoms with Gasteiger partial charge in [0.15, 0.2) is 0 Å². The Bertz CT molecular complexity index is 298. The van der Waals surface area contributed by atoms with Gasteiger partial charge in [-0.05, 0) is 6.42 Å². The topological polar surface area (TPSA) is 55.5 Å². The molecule has 0 aromatic carbocycles. The van der Waals surface area contributed by atoms with Crippen LogP contribution in [0.3, 0.4) is 0 Å². The van der Waals surface area contributed by atoms with E-state index in [4.69, 9.17) is 14.3 Å². The molecule has 0 spiro atoms. The van der Waals surface area contributed by atoms with E-state index in [1.165, 1.54) is 6.26 Å². The van der Waals surface area contributed by atoms with Crippen LogP contribution in [-0.2, 0) is 6.61 Å². The maximum Gasteiger partial charge on any atom is 0.393 e. The average molecular weight is 225 g/mol. The Morgan fingerprint density at radius 2 is 2.20 bits per heavy atom. The van der Waals surface area contributed by atoms with Gasteiger partial charge in [0.1, 0.15) is 12.0 Å². The summed E-state index contributed by atoms with van der Waals surface area (Å²) in [6, 6.07) is 0. The van der Waals surface area contributed by atoms with Crippen LogP contribution in [0.1, 0.15) is 18.5 Å². The number of ether oxygens (including phenoxy) is 1. The molecule has 0 bridgehead atoms. The molecule has 0 saturated carbocycles. The van der Waals surface area contributed by atoms with Crippen LogP contribution in [-0.4, -0.2) is 22.9 Å². The van der Waals surface area contributed by atoms with Crippen LogP contribution in [0, 0.1) is 0 Å². The lowest BCUT2D eigenvalue weighted by molar-refractivity contribution is -0.136. The predicted octanol–water partition coefficient (Wildman–Crippen LogP) is 1.89. The van der Waals surface area contributed by atoms with Crippen LogP contribution in [0.25, 0.3) is 0 Å². The molecule has 0 aliphatic heterocycles. The highest BCUT2D eigenvalue weighted by Gasteiger charge is 2.26. The highest BCUT2D eigenvalue weighted by atomic mass is 19.4. The number of aromatic nitrogens is 1. The SMILES string of the molecule is OCc1coc(OCCCC(F)(F)F)n1. The second-order valence-corrected chi connectivity index (χ2v) is 2.83. The molecule has 4 nitrogen and oxygen atoms in total. The molecule has 1 N–H and O–H groups in total. The van der Waals surface area contributed by atoms with E-state index >= 15 is 0 Å². The quantitative estimate of drug-likeness (QED) is 0.777. The summed E-state index contributed by atoms with van der Waals surface area (Å²) in [4.78, 5) is 3.64. The first-order valence-corrected chi connectivity index (χ1v) is 4.26. The fraction of sp³-hybridized carbons (Fsp3) is 0.625. The zero-order chi connectivity index (χ0) is 11.3. The van der Waals surface area contributed by atoms with Gasteiger partial charge >= 0.3 is 12.3 Å². The van der Waals surface area contributed by atoms with Crippen molar-refractivity contribution in [2.75, 3.05) is 6.61 Å². The van der Waals surface area contributed by atoms with Crippen molar-refractivity contribution >= 4 is 0 Å². The van der Waals surface area contributed by atoms with Crippen LogP contribution >= 0.6 is 0 Å². The number of aliphatic hydroxyl groups is 1. The van der Waals surface area contributed by atoms with E-state index < -0.39 is 12.6 Å². The molecule has 1 aromatic heterocycles. The lowest BCUT2D eigenvalue weighted by atomic mass is 10.3. The van der Waals surface area contributed by atoms with Crippen molar-refractivity contribution in [3.05, 3.63) is 12.0 Å². The molecule has 0 atom stereocenters. The number of oxazole rings is 1. The summed E-state index contributed by atoms with van der Waals surface area (Å²) in [7, 11) is 0. The van der Waals surface area contributed by atoms with E-state index in [9.17, 15) is 13.2 Å². The van der Waals surface area contributed by atoms with Crippen molar-refractivity contribution in [1.29, 1.82) is 0 Å². The van der Waals surface area contributed by atoms with Crippen molar-refractivity contribution in [2.24, 2.45) is 0 Å². The van der Waals surface area contributed by atoms with Crippen LogP contribution < -0.4 is 4.74 Å². The van der Waals surface area contributed by atoms with Gasteiger partial charge < -0.3 is 14.3 Å². The lowest BCUT2D eigenvalue weighted by Crippen LogP contribution is -2.09. The van der Waals surface area contributed by atoms with Gasteiger partial charge in [-0.2, -0.15) is 18.2 Å².